The molecular weight excluding hydrogens is 274 g/mol. The average Bonchev–Trinajstić information content (AvgIpc) is 2.47. The number of carbonyl (C=O) groups is 1. The van der Waals surface area contributed by atoms with Crippen molar-refractivity contribution in [2.45, 2.75) is 0 Å². The summed E-state index contributed by atoms with van der Waals surface area (Å²) >= 11 is 5.92. The van der Waals surface area contributed by atoms with E-state index in [1.807, 2.05) is 30.3 Å². The van der Waals surface area contributed by atoms with E-state index in [0.29, 0.717) is 22.1 Å². The fraction of sp³-hybridized carbons (Fsp3) is 0. The molecule has 4 heteroatoms. The van der Waals surface area contributed by atoms with Gasteiger partial charge in [-0.3, -0.25) is 9.78 Å². The Morgan fingerprint density at radius 2 is 1.95 bits per heavy atom. The van der Waals surface area contributed by atoms with Crippen molar-refractivity contribution < 1.29 is 9.53 Å². The Labute approximate surface area is 120 Å². The van der Waals surface area contributed by atoms with Gasteiger partial charge in [-0.1, -0.05) is 29.8 Å². The monoisotopic (exact) mass is 283 g/mol. The van der Waals surface area contributed by atoms with Gasteiger partial charge in [0.15, 0.2) is 6.29 Å². The van der Waals surface area contributed by atoms with Crippen LogP contribution < -0.4 is 4.74 Å². The van der Waals surface area contributed by atoms with Gasteiger partial charge in [0.25, 0.3) is 0 Å². The summed E-state index contributed by atoms with van der Waals surface area (Å²) in [5.74, 6) is 0.985. The van der Waals surface area contributed by atoms with Crippen LogP contribution in [0, 0.1) is 0 Å². The van der Waals surface area contributed by atoms with Gasteiger partial charge in [-0.05, 0) is 24.3 Å². The molecule has 2 aromatic carbocycles. The molecule has 0 bridgehead atoms. The number of fused-ring (bicyclic) bond motifs is 1. The van der Waals surface area contributed by atoms with Crippen LogP contribution in [0.2, 0.25) is 5.02 Å². The van der Waals surface area contributed by atoms with Crippen molar-refractivity contribution in [3.05, 3.63) is 65.3 Å². The van der Waals surface area contributed by atoms with Crippen molar-refractivity contribution in [1.82, 2.24) is 4.98 Å². The van der Waals surface area contributed by atoms with Gasteiger partial charge >= 0.3 is 0 Å². The largest absolute Gasteiger partial charge is 0.455 e. The van der Waals surface area contributed by atoms with Crippen molar-refractivity contribution in [3.63, 3.8) is 0 Å². The summed E-state index contributed by atoms with van der Waals surface area (Å²) in [6.07, 6.45) is 2.36. The van der Waals surface area contributed by atoms with Crippen LogP contribution in [-0.2, 0) is 0 Å². The number of carbonyl (C=O) groups excluding carboxylic acids is 1. The molecule has 0 fully saturated rings. The molecular formula is C16H10ClNO2. The van der Waals surface area contributed by atoms with Gasteiger partial charge in [0.1, 0.15) is 11.5 Å². The van der Waals surface area contributed by atoms with Gasteiger partial charge in [0.2, 0.25) is 0 Å². The molecule has 3 nitrogen and oxygen atoms in total. The topological polar surface area (TPSA) is 39.2 Å². The van der Waals surface area contributed by atoms with E-state index in [0.717, 1.165) is 17.2 Å². The zero-order valence-electron chi connectivity index (χ0n) is 10.4. The highest BCUT2D eigenvalue weighted by atomic mass is 35.5. The first-order chi connectivity index (χ1) is 9.76. The maximum Gasteiger partial charge on any atom is 0.153 e. The Hall–Kier alpha value is -2.39. The lowest BCUT2D eigenvalue weighted by Crippen LogP contribution is -1.91. The van der Waals surface area contributed by atoms with Crippen LogP contribution in [0.5, 0.6) is 11.5 Å². The predicted molar refractivity (Wildman–Crippen MR) is 78.7 cm³/mol. The average molecular weight is 284 g/mol. The van der Waals surface area contributed by atoms with Crippen LogP contribution in [0.4, 0.5) is 0 Å². The number of halogens is 1. The van der Waals surface area contributed by atoms with Gasteiger partial charge in [-0.25, -0.2) is 0 Å². The van der Waals surface area contributed by atoms with E-state index in [4.69, 9.17) is 16.3 Å². The van der Waals surface area contributed by atoms with E-state index >= 15 is 0 Å². The summed E-state index contributed by atoms with van der Waals surface area (Å²) in [4.78, 5) is 15.3. The molecule has 0 aliphatic heterocycles. The Morgan fingerprint density at radius 1 is 1.10 bits per heavy atom. The molecule has 0 saturated carbocycles. The number of aromatic nitrogens is 1. The highest BCUT2D eigenvalue weighted by Crippen LogP contribution is 2.28. The first-order valence-corrected chi connectivity index (χ1v) is 6.41. The predicted octanol–water partition coefficient (Wildman–Crippen LogP) is 4.49. The van der Waals surface area contributed by atoms with E-state index in [-0.39, 0.29) is 0 Å². The van der Waals surface area contributed by atoms with Crippen molar-refractivity contribution in [3.8, 4) is 11.5 Å². The molecule has 1 heterocycles. The second-order valence-corrected chi connectivity index (χ2v) is 4.70. The second-order valence-electron chi connectivity index (χ2n) is 4.27. The van der Waals surface area contributed by atoms with Crippen molar-refractivity contribution in [2.75, 3.05) is 0 Å². The summed E-state index contributed by atoms with van der Waals surface area (Å²) in [6, 6.07) is 14.5. The van der Waals surface area contributed by atoms with Gasteiger partial charge in [0, 0.05) is 16.5 Å². The maximum absolute atomic E-state index is 11.0. The number of rotatable bonds is 3. The van der Waals surface area contributed by atoms with Crippen molar-refractivity contribution >= 4 is 28.8 Å². The SMILES string of the molecule is O=Cc1ccc(Cl)cc1Oc1cnc2ccccc2c1. The summed E-state index contributed by atoms with van der Waals surface area (Å²) in [5.41, 5.74) is 1.34. The van der Waals surface area contributed by atoms with Gasteiger partial charge < -0.3 is 4.74 Å². The minimum atomic E-state index is 0.421. The lowest BCUT2D eigenvalue weighted by Gasteiger charge is -2.08. The zero-order valence-corrected chi connectivity index (χ0v) is 11.2. The Balaban J connectivity index is 2.00. The lowest BCUT2D eigenvalue weighted by molar-refractivity contribution is 0.112. The molecule has 0 unspecified atom stereocenters. The standard InChI is InChI=1S/C16H10ClNO2/c17-13-6-5-12(10-19)16(8-13)20-14-7-11-3-1-2-4-15(11)18-9-14/h1-10H. The summed E-state index contributed by atoms with van der Waals surface area (Å²) in [5, 5.41) is 1.49. The van der Waals surface area contributed by atoms with Crippen LogP contribution >= 0.6 is 11.6 Å². The Morgan fingerprint density at radius 3 is 2.80 bits per heavy atom. The minimum absolute atomic E-state index is 0.421. The molecule has 3 aromatic rings. The minimum Gasteiger partial charge on any atom is -0.455 e. The molecule has 3 rings (SSSR count). The molecule has 0 atom stereocenters. The summed E-state index contributed by atoms with van der Waals surface area (Å²) in [6.45, 7) is 0. The molecule has 98 valence electrons. The molecule has 0 spiro atoms. The van der Waals surface area contributed by atoms with Gasteiger partial charge in [-0.2, -0.15) is 0 Å². The second kappa shape index (κ2) is 5.31. The third-order valence-electron chi connectivity index (χ3n) is 2.90. The molecule has 0 aliphatic carbocycles. The number of para-hydroxylation sites is 1. The number of benzene rings is 2. The lowest BCUT2D eigenvalue weighted by atomic mass is 10.2. The fourth-order valence-corrected chi connectivity index (χ4v) is 2.09. The van der Waals surface area contributed by atoms with Crippen LogP contribution in [0.3, 0.4) is 0 Å². The normalized spacial score (nSPS) is 10.4. The number of hydrogen-bond acceptors (Lipinski definition) is 3. The van der Waals surface area contributed by atoms with Crippen LogP contribution in [0.25, 0.3) is 10.9 Å². The number of aldehydes is 1. The smallest absolute Gasteiger partial charge is 0.153 e. The quantitative estimate of drug-likeness (QED) is 0.665. The maximum atomic E-state index is 11.0. The highest BCUT2D eigenvalue weighted by molar-refractivity contribution is 6.30. The van der Waals surface area contributed by atoms with E-state index in [9.17, 15) is 4.79 Å². The third-order valence-corrected chi connectivity index (χ3v) is 3.13. The van der Waals surface area contributed by atoms with E-state index in [1.165, 1.54) is 0 Å². The van der Waals surface area contributed by atoms with Crippen LogP contribution in [0.1, 0.15) is 10.4 Å². The molecule has 0 amide bonds. The van der Waals surface area contributed by atoms with Gasteiger partial charge in [0.05, 0.1) is 17.3 Å². The molecule has 0 radical (unpaired) electrons. The first kappa shape index (κ1) is 12.6. The third kappa shape index (κ3) is 2.49. The van der Waals surface area contributed by atoms with Crippen molar-refractivity contribution in [1.29, 1.82) is 0 Å². The van der Waals surface area contributed by atoms with Crippen LogP contribution in [0.15, 0.2) is 54.7 Å². The van der Waals surface area contributed by atoms with E-state index in [1.54, 1.807) is 24.4 Å². The van der Waals surface area contributed by atoms with Crippen molar-refractivity contribution in [2.24, 2.45) is 0 Å². The fourth-order valence-electron chi connectivity index (χ4n) is 1.93. The molecule has 20 heavy (non-hydrogen) atoms. The van der Waals surface area contributed by atoms with E-state index < -0.39 is 0 Å². The highest BCUT2D eigenvalue weighted by Gasteiger charge is 2.06. The summed E-state index contributed by atoms with van der Waals surface area (Å²) in [7, 11) is 0. The van der Waals surface area contributed by atoms with E-state index in [2.05, 4.69) is 4.98 Å². The number of ether oxygens (including phenoxy) is 1. The zero-order chi connectivity index (χ0) is 13.9. The first-order valence-electron chi connectivity index (χ1n) is 6.03. The number of pyridine rings is 1. The Bertz CT molecular complexity index is 786. The molecule has 0 aliphatic rings. The van der Waals surface area contributed by atoms with Crippen LogP contribution in [-0.4, -0.2) is 11.3 Å². The molecule has 0 saturated heterocycles. The summed E-state index contributed by atoms with van der Waals surface area (Å²) < 4.78 is 5.71. The molecule has 1 aromatic heterocycles. The number of nitrogens with zero attached hydrogens (tertiary/aromatic N) is 1. The van der Waals surface area contributed by atoms with Gasteiger partial charge in [-0.15, -0.1) is 0 Å². The number of hydrogen-bond donors (Lipinski definition) is 0. The Kier molecular flexibility index (Phi) is 3.35. The molecule has 0 N–H and O–H groups in total.